The van der Waals surface area contributed by atoms with Crippen LogP contribution in [0.1, 0.15) is 49.5 Å². The molecular weight excluding hydrogens is 212 g/mol. The predicted octanol–water partition coefficient (Wildman–Crippen LogP) is 3.43. The molecule has 5 atom stereocenters. The number of rotatable bonds is 0. The summed E-state index contributed by atoms with van der Waals surface area (Å²) in [6.07, 6.45) is 6.08. The molecule has 2 nitrogen and oxygen atoms in total. The lowest BCUT2D eigenvalue weighted by atomic mass is 9.62. The molecule has 0 radical (unpaired) electrons. The second kappa shape index (κ2) is 2.97. The maximum Gasteiger partial charge on any atom is 0.107 e. The molecule has 4 rings (SSSR count). The fourth-order valence-corrected chi connectivity index (χ4v) is 4.33. The largest absolute Gasteiger partial charge is 0.469 e. The van der Waals surface area contributed by atoms with Crippen molar-refractivity contribution in [3.63, 3.8) is 0 Å². The number of ether oxygens (including phenoxy) is 1. The first-order chi connectivity index (χ1) is 8.10. The topological polar surface area (TPSA) is 25.7 Å². The van der Waals surface area contributed by atoms with E-state index in [4.69, 9.17) is 9.15 Å². The van der Waals surface area contributed by atoms with Gasteiger partial charge in [-0.05, 0) is 44.1 Å². The Morgan fingerprint density at radius 2 is 2.24 bits per heavy atom. The van der Waals surface area contributed by atoms with Crippen LogP contribution in [0.5, 0.6) is 0 Å². The predicted molar refractivity (Wildman–Crippen MR) is 65.1 cm³/mol. The lowest BCUT2D eigenvalue weighted by Crippen LogP contribution is -2.37. The van der Waals surface area contributed by atoms with Crippen molar-refractivity contribution in [2.75, 3.05) is 0 Å². The van der Waals surface area contributed by atoms with Crippen LogP contribution in [-0.2, 0) is 11.2 Å². The molecule has 0 spiro atoms. The van der Waals surface area contributed by atoms with Crippen molar-refractivity contribution in [2.45, 2.75) is 57.7 Å². The molecular formula is C15H20O2. The van der Waals surface area contributed by atoms with Gasteiger partial charge >= 0.3 is 0 Å². The zero-order valence-electron chi connectivity index (χ0n) is 10.8. The van der Waals surface area contributed by atoms with E-state index in [0.717, 1.165) is 18.3 Å². The van der Waals surface area contributed by atoms with E-state index in [1.54, 1.807) is 0 Å². The maximum absolute atomic E-state index is 6.02. The molecule has 0 bridgehead atoms. The molecule has 17 heavy (non-hydrogen) atoms. The highest BCUT2D eigenvalue weighted by Gasteiger charge is 2.63. The standard InChI is InChI=1S/C15H20O2/c1-8-6-11-12(9(2)7-16-11)13-10(8)4-5-15(3)14(13)17-15/h7-8,10,13-14H,4-6H2,1-3H3/t8-,10+,13+,14+,15+/m0/s1. The van der Waals surface area contributed by atoms with Crippen molar-refractivity contribution in [1.29, 1.82) is 0 Å². The first kappa shape index (κ1) is 10.2. The normalized spacial score (nSPS) is 47.0. The highest BCUT2D eigenvalue weighted by atomic mass is 16.6. The monoisotopic (exact) mass is 232 g/mol. The Morgan fingerprint density at radius 1 is 1.41 bits per heavy atom. The Kier molecular flexibility index (Phi) is 1.78. The minimum absolute atomic E-state index is 0.180. The molecule has 2 fully saturated rings. The van der Waals surface area contributed by atoms with E-state index in [0.29, 0.717) is 12.0 Å². The Balaban J connectivity index is 1.83. The maximum atomic E-state index is 6.02. The summed E-state index contributed by atoms with van der Waals surface area (Å²) in [4.78, 5) is 0. The van der Waals surface area contributed by atoms with Gasteiger partial charge in [-0.15, -0.1) is 0 Å². The van der Waals surface area contributed by atoms with Crippen molar-refractivity contribution in [3.05, 3.63) is 23.2 Å². The Labute approximate surface area is 102 Å². The van der Waals surface area contributed by atoms with Crippen LogP contribution in [0.15, 0.2) is 10.7 Å². The van der Waals surface area contributed by atoms with Gasteiger partial charge in [0, 0.05) is 17.9 Å². The highest BCUT2D eigenvalue weighted by molar-refractivity contribution is 5.38. The van der Waals surface area contributed by atoms with Crippen molar-refractivity contribution in [3.8, 4) is 0 Å². The molecule has 0 amide bonds. The van der Waals surface area contributed by atoms with Crippen LogP contribution in [0.2, 0.25) is 0 Å². The van der Waals surface area contributed by atoms with Gasteiger partial charge in [0.25, 0.3) is 0 Å². The van der Waals surface area contributed by atoms with Crippen LogP contribution in [0.25, 0.3) is 0 Å². The molecule has 1 saturated heterocycles. The minimum Gasteiger partial charge on any atom is -0.469 e. The highest BCUT2D eigenvalue weighted by Crippen LogP contribution is 2.60. The molecule has 1 aromatic heterocycles. The van der Waals surface area contributed by atoms with Gasteiger partial charge in [-0.1, -0.05) is 6.92 Å². The number of epoxide rings is 1. The number of fused-ring (bicyclic) bond motifs is 5. The van der Waals surface area contributed by atoms with Crippen molar-refractivity contribution < 1.29 is 9.15 Å². The first-order valence-electron chi connectivity index (χ1n) is 6.85. The van der Waals surface area contributed by atoms with Crippen LogP contribution in [-0.4, -0.2) is 11.7 Å². The van der Waals surface area contributed by atoms with Gasteiger partial charge in [0.05, 0.1) is 18.0 Å². The third-order valence-electron chi connectivity index (χ3n) is 5.38. The second-order valence-electron chi connectivity index (χ2n) is 6.52. The molecule has 92 valence electrons. The molecule has 2 heteroatoms. The molecule has 1 aromatic rings. The molecule has 1 saturated carbocycles. The van der Waals surface area contributed by atoms with Gasteiger partial charge in [0.1, 0.15) is 5.76 Å². The summed E-state index contributed by atoms with van der Waals surface area (Å²) in [6.45, 7) is 6.84. The molecule has 3 aliphatic rings. The summed E-state index contributed by atoms with van der Waals surface area (Å²) in [6, 6.07) is 0. The Hall–Kier alpha value is -0.760. The number of furan rings is 1. The van der Waals surface area contributed by atoms with Crippen molar-refractivity contribution >= 4 is 0 Å². The van der Waals surface area contributed by atoms with Gasteiger partial charge in [0.15, 0.2) is 0 Å². The minimum atomic E-state index is 0.180. The van der Waals surface area contributed by atoms with E-state index < -0.39 is 0 Å². The summed E-state index contributed by atoms with van der Waals surface area (Å²) in [5.41, 5.74) is 3.00. The summed E-state index contributed by atoms with van der Waals surface area (Å²) in [5.74, 6) is 3.38. The summed E-state index contributed by atoms with van der Waals surface area (Å²) in [5, 5.41) is 0. The van der Waals surface area contributed by atoms with E-state index in [-0.39, 0.29) is 5.60 Å². The number of hydrogen-bond donors (Lipinski definition) is 0. The average molecular weight is 232 g/mol. The van der Waals surface area contributed by atoms with Crippen LogP contribution in [0.3, 0.4) is 0 Å². The lowest BCUT2D eigenvalue weighted by molar-refractivity contribution is 0.199. The molecule has 0 unspecified atom stereocenters. The first-order valence-corrected chi connectivity index (χ1v) is 6.85. The third-order valence-corrected chi connectivity index (χ3v) is 5.38. The quantitative estimate of drug-likeness (QED) is 0.640. The zero-order valence-corrected chi connectivity index (χ0v) is 10.8. The molecule has 1 aliphatic heterocycles. The van der Waals surface area contributed by atoms with Crippen LogP contribution >= 0.6 is 0 Å². The van der Waals surface area contributed by atoms with E-state index in [9.17, 15) is 0 Å². The molecule has 2 aliphatic carbocycles. The number of hydrogen-bond acceptors (Lipinski definition) is 2. The van der Waals surface area contributed by atoms with E-state index in [2.05, 4.69) is 20.8 Å². The molecule has 2 heterocycles. The van der Waals surface area contributed by atoms with E-state index in [1.165, 1.54) is 29.7 Å². The Bertz CT molecular complexity index is 475. The van der Waals surface area contributed by atoms with E-state index >= 15 is 0 Å². The van der Waals surface area contributed by atoms with Gasteiger partial charge in [-0.2, -0.15) is 0 Å². The van der Waals surface area contributed by atoms with Gasteiger partial charge in [-0.3, -0.25) is 0 Å². The fraction of sp³-hybridized carbons (Fsp3) is 0.733. The lowest BCUT2D eigenvalue weighted by Gasteiger charge is -2.39. The fourth-order valence-electron chi connectivity index (χ4n) is 4.33. The Morgan fingerprint density at radius 3 is 3.06 bits per heavy atom. The zero-order chi connectivity index (χ0) is 11.8. The van der Waals surface area contributed by atoms with Crippen LogP contribution < -0.4 is 0 Å². The van der Waals surface area contributed by atoms with E-state index in [1.807, 2.05) is 6.26 Å². The number of aryl methyl sites for hydroxylation is 1. The average Bonchev–Trinajstić information content (AvgIpc) is 2.86. The van der Waals surface area contributed by atoms with Gasteiger partial charge in [0.2, 0.25) is 0 Å². The van der Waals surface area contributed by atoms with Crippen LogP contribution in [0, 0.1) is 18.8 Å². The SMILES string of the molecule is Cc1coc2c1[C@H]1[C@H](CC[C@@]3(C)O[C@H]13)[C@@H](C)C2. The van der Waals surface area contributed by atoms with Crippen molar-refractivity contribution in [1.82, 2.24) is 0 Å². The smallest absolute Gasteiger partial charge is 0.107 e. The summed E-state index contributed by atoms with van der Waals surface area (Å²) in [7, 11) is 0. The van der Waals surface area contributed by atoms with Gasteiger partial charge < -0.3 is 9.15 Å². The molecule has 0 aromatic carbocycles. The van der Waals surface area contributed by atoms with Crippen molar-refractivity contribution in [2.24, 2.45) is 11.8 Å². The molecule has 0 N–H and O–H groups in total. The van der Waals surface area contributed by atoms with Crippen LogP contribution in [0.4, 0.5) is 0 Å². The summed E-state index contributed by atoms with van der Waals surface area (Å²) < 4.78 is 11.8. The third kappa shape index (κ3) is 1.20. The second-order valence-corrected chi connectivity index (χ2v) is 6.52. The van der Waals surface area contributed by atoms with Gasteiger partial charge in [-0.25, -0.2) is 0 Å². The summed E-state index contributed by atoms with van der Waals surface area (Å²) >= 11 is 0.